The highest BCUT2D eigenvalue weighted by Crippen LogP contribution is 2.30. The summed E-state index contributed by atoms with van der Waals surface area (Å²) in [5.41, 5.74) is 1.75. The first-order valence-corrected chi connectivity index (χ1v) is 8.34. The second kappa shape index (κ2) is 7.57. The Balaban J connectivity index is 2.34. The number of benzene rings is 1. The van der Waals surface area contributed by atoms with E-state index in [-0.39, 0.29) is 11.9 Å². The average molecular weight is 306 g/mol. The fourth-order valence-corrected chi connectivity index (χ4v) is 3.32. The topological polar surface area (TPSA) is 15.3 Å². The van der Waals surface area contributed by atoms with Crippen LogP contribution >= 0.6 is 11.3 Å². The van der Waals surface area contributed by atoms with E-state index in [9.17, 15) is 4.39 Å². The largest absolute Gasteiger partial charge is 0.366 e. The number of anilines is 1. The highest BCUT2D eigenvalue weighted by Gasteiger charge is 2.18. The summed E-state index contributed by atoms with van der Waals surface area (Å²) >= 11 is 1.74. The lowest BCUT2D eigenvalue weighted by atomic mass is 10.0. The SMILES string of the molecule is CCNC(C)c1c(F)cccc1N(CC)Cc1cccs1. The number of nitrogens with one attached hydrogen (secondary N) is 1. The number of hydrogen-bond acceptors (Lipinski definition) is 3. The van der Waals surface area contributed by atoms with Gasteiger partial charge in [-0.1, -0.05) is 19.1 Å². The third-order valence-electron chi connectivity index (χ3n) is 3.62. The van der Waals surface area contributed by atoms with Crippen LogP contribution < -0.4 is 10.2 Å². The zero-order valence-electron chi connectivity index (χ0n) is 12.9. The molecular weight excluding hydrogens is 283 g/mol. The lowest BCUT2D eigenvalue weighted by molar-refractivity contribution is 0.539. The van der Waals surface area contributed by atoms with Crippen LogP contribution in [0, 0.1) is 5.82 Å². The van der Waals surface area contributed by atoms with Gasteiger partial charge < -0.3 is 10.2 Å². The van der Waals surface area contributed by atoms with Crippen LogP contribution in [0.4, 0.5) is 10.1 Å². The van der Waals surface area contributed by atoms with Crippen LogP contribution in [0.15, 0.2) is 35.7 Å². The normalized spacial score (nSPS) is 12.4. The molecule has 0 aliphatic carbocycles. The molecule has 0 spiro atoms. The van der Waals surface area contributed by atoms with Crippen molar-refractivity contribution in [3.8, 4) is 0 Å². The Hall–Kier alpha value is -1.39. The van der Waals surface area contributed by atoms with E-state index >= 15 is 0 Å². The zero-order valence-corrected chi connectivity index (χ0v) is 13.7. The molecule has 114 valence electrons. The van der Waals surface area contributed by atoms with Gasteiger partial charge in [0.15, 0.2) is 0 Å². The number of thiophene rings is 1. The van der Waals surface area contributed by atoms with Gasteiger partial charge in [0.05, 0.1) is 6.54 Å². The monoisotopic (exact) mass is 306 g/mol. The van der Waals surface area contributed by atoms with Gasteiger partial charge >= 0.3 is 0 Å². The van der Waals surface area contributed by atoms with Crippen LogP contribution in [0.3, 0.4) is 0 Å². The number of hydrogen-bond donors (Lipinski definition) is 1. The molecule has 1 aromatic heterocycles. The van der Waals surface area contributed by atoms with Gasteiger partial charge in [-0.3, -0.25) is 0 Å². The third-order valence-corrected chi connectivity index (χ3v) is 4.48. The minimum atomic E-state index is -0.134. The van der Waals surface area contributed by atoms with Crippen LogP contribution in [-0.2, 0) is 6.54 Å². The smallest absolute Gasteiger partial charge is 0.130 e. The van der Waals surface area contributed by atoms with E-state index in [0.29, 0.717) is 0 Å². The molecule has 1 aromatic carbocycles. The van der Waals surface area contributed by atoms with E-state index < -0.39 is 0 Å². The molecule has 4 heteroatoms. The summed E-state index contributed by atoms with van der Waals surface area (Å²) in [7, 11) is 0. The van der Waals surface area contributed by atoms with Gasteiger partial charge in [-0.15, -0.1) is 11.3 Å². The van der Waals surface area contributed by atoms with Gasteiger partial charge in [0.25, 0.3) is 0 Å². The van der Waals surface area contributed by atoms with Crippen LogP contribution in [-0.4, -0.2) is 13.1 Å². The third kappa shape index (κ3) is 3.83. The van der Waals surface area contributed by atoms with Crippen molar-refractivity contribution >= 4 is 17.0 Å². The molecule has 0 saturated carbocycles. The summed E-state index contributed by atoms with van der Waals surface area (Å²) in [5.74, 6) is -0.134. The first-order chi connectivity index (χ1) is 10.2. The fraction of sp³-hybridized carbons (Fsp3) is 0.412. The second-order valence-corrected chi connectivity index (χ2v) is 6.08. The van der Waals surface area contributed by atoms with Gasteiger partial charge in [0, 0.05) is 28.7 Å². The Bertz CT molecular complexity index is 554. The maximum atomic E-state index is 14.3. The molecular formula is C17H23FN2S. The highest BCUT2D eigenvalue weighted by molar-refractivity contribution is 7.09. The Morgan fingerprint density at radius 3 is 2.67 bits per heavy atom. The van der Waals surface area contributed by atoms with E-state index in [1.807, 2.05) is 19.9 Å². The van der Waals surface area contributed by atoms with Crippen LogP contribution in [0.2, 0.25) is 0 Å². The fourth-order valence-electron chi connectivity index (χ4n) is 2.60. The van der Waals surface area contributed by atoms with Crippen molar-refractivity contribution in [2.75, 3.05) is 18.0 Å². The Kier molecular flexibility index (Phi) is 5.76. The molecule has 0 saturated heterocycles. The molecule has 2 aromatic rings. The van der Waals surface area contributed by atoms with Crippen molar-refractivity contribution in [1.82, 2.24) is 5.32 Å². The van der Waals surface area contributed by atoms with Crippen molar-refractivity contribution in [2.45, 2.75) is 33.4 Å². The maximum absolute atomic E-state index is 14.3. The second-order valence-electron chi connectivity index (χ2n) is 5.05. The summed E-state index contributed by atoms with van der Waals surface area (Å²) in [4.78, 5) is 3.53. The standard InChI is InChI=1S/C17H23FN2S/c1-4-19-13(3)17-15(18)9-6-10-16(17)20(5-2)12-14-8-7-11-21-14/h6-11,13,19H,4-5,12H2,1-3H3. The maximum Gasteiger partial charge on any atom is 0.130 e. The van der Waals surface area contributed by atoms with E-state index in [0.717, 1.165) is 30.9 Å². The quantitative estimate of drug-likeness (QED) is 0.805. The van der Waals surface area contributed by atoms with Crippen LogP contribution in [0.25, 0.3) is 0 Å². The first-order valence-electron chi connectivity index (χ1n) is 7.46. The van der Waals surface area contributed by atoms with Gasteiger partial charge in [0.2, 0.25) is 0 Å². The van der Waals surface area contributed by atoms with E-state index in [2.05, 4.69) is 34.7 Å². The number of nitrogens with zero attached hydrogens (tertiary/aromatic N) is 1. The molecule has 0 fully saturated rings. The first kappa shape index (κ1) is 16.0. The van der Waals surface area contributed by atoms with Crippen molar-refractivity contribution < 1.29 is 4.39 Å². The van der Waals surface area contributed by atoms with E-state index in [4.69, 9.17) is 0 Å². The van der Waals surface area contributed by atoms with Gasteiger partial charge in [-0.25, -0.2) is 4.39 Å². The van der Waals surface area contributed by atoms with Crippen LogP contribution in [0.1, 0.15) is 37.3 Å². The molecule has 1 atom stereocenters. The molecule has 0 radical (unpaired) electrons. The van der Waals surface area contributed by atoms with Gasteiger partial charge in [0.1, 0.15) is 5.82 Å². The van der Waals surface area contributed by atoms with Crippen molar-refractivity contribution in [1.29, 1.82) is 0 Å². The number of halogens is 1. The van der Waals surface area contributed by atoms with Crippen LogP contribution in [0.5, 0.6) is 0 Å². The Labute approximate surface area is 130 Å². The van der Waals surface area contributed by atoms with Crippen molar-refractivity contribution in [3.05, 3.63) is 52.0 Å². The molecule has 0 bridgehead atoms. The molecule has 0 aliphatic rings. The zero-order chi connectivity index (χ0) is 15.2. The number of rotatable bonds is 7. The summed E-state index contributed by atoms with van der Waals surface area (Å²) < 4.78 is 14.3. The van der Waals surface area contributed by atoms with Crippen molar-refractivity contribution in [2.24, 2.45) is 0 Å². The molecule has 0 amide bonds. The predicted octanol–water partition coefficient (Wildman–Crippen LogP) is 4.58. The Morgan fingerprint density at radius 1 is 1.24 bits per heavy atom. The molecule has 2 nitrogen and oxygen atoms in total. The minimum Gasteiger partial charge on any atom is -0.366 e. The highest BCUT2D eigenvalue weighted by atomic mass is 32.1. The summed E-state index contributed by atoms with van der Waals surface area (Å²) in [6.07, 6.45) is 0. The lowest BCUT2D eigenvalue weighted by Crippen LogP contribution is -2.26. The molecule has 2 rings (SSSR count). The van der Waals surface area contributed by atoms with E-state index in [1.165, 1.54) is 4.88 Å². The summed E-state index contributed by atoms with van der Waals surface area (Å²) in [5, 5.41) is 5.40. The van der Waals surface area contributed by atoms with Crippen molar-refractivity contribution in [3.63, 3.8) is 0 Å². The molecule has 1 unspecified atom stereocenters. The van der Waals surface area contributed by atoms with Gasteiger partial charge in [-0.05, 0) is 44.0 Å². The van der Waals surface area contributed by atoms with Gasteiger partial charge in [-0.2, -0.15) is 0 Å². The summed E-state index contributed by atoms with van der Waals surface area (Å²) in [6.45, 7) is 8.67. The lowest BCUT2D eigenvalue weighted by Gasteiger charge is -2.28. The molecule has 0 aliphatic heterocycles. The van der Waals surface area contributed by atoms with E-state index in [1.54, 1.807) is 23.5 Å². The predicted molar refractivity (Wildman–Crippen MR) is 89.5 cm³/mol. The molecule has 1 N–H and O–H groups in total. The minimum absolute atomic E-state index is 0.00332. The Morgan fingerprint density at radius 2 is 2.05 bits per heavy atom. The molecule has 21 heavy (non-hydrogen) atoms. The summed E-state index contributed by atoms with van der Waals surface area (Å²) in [6, 6.07) is 9.55. The average Bonchev–Trinajstić information content (AvgIpc) is 2.97. The molecule has 1 heterocycles.